The summed E-state index contributed by atoms with van der Waals surface area (Å²) in [5, 5.41) is 0. The van der Waals surface area contributed by atoms with E-state index in [1.165, 1.54) is 11.5 Å². The predicted octanol–water partition coefficient (Wildman–Crippen LogP) is 1.97. The van der Waals surface area contributed by atoms with Crippen molar-refractivity contribution in [2.75, 3.05) is 11.5 Å². The van der Waals surface area contributed by atoms with E-state index in [0.29, 0.717) is 0 Å². The largest absolute Gasteiger partial charge is 0.125 e. The third kappa shape index (κ3) is 1.34. The minimum absolute atomic E-state index is 1.14. The van der Waals surface area contributed by atoms with Crippen molar-refractivity contribution in [1.82, 2.24) is 0 Å². The van der Waals surface area contributed by atoms with Gasteiger partial charge in [0, 0.05) is 11.5 Å². The Balaban J connectivity index is 2.08. The van der Waals surface area contributed by atoms with Crippen LogP contribution >= 0.6 is 29.7 Å². The molecule has 0 bridgehead atoms. The van der Waals surface area contributed by atoms with Crippen LogP contribution in [0.3, 0.4) is 0 Å². The van der Waals surface area contributed by atoms with Gasteiger partial charge in [0.1, 0.15) is 0 Å². The van der Waals surface area contributed by atoms with Gasteiger partial charge in [-0.2, -0.15) is 0 Å². The normalized spacial score (nSPS) is 24.0. The van der Waals surface area contributed by atoms with Crippen molar-refractivity contribution in [3.8, 4) is 0 Å². The van der Waals surface area contributed by atoms with Crippen LogP contribution in [0.25, 0.3) is 0 Å². The van der Waals surface area contributed by atoms with Crippen LogP contribution in [0.1, 0.15) is 0 Å². The minimum Gasteiger partial charge on any atom is -0.125 e. The Morgan fingerprint density at radius 3 is 2.00 bits per heavy atom. The van der Waals surface area contributed by atoms with E-state index < -0.39 is 0 Å². The second-order valence-electron chi connectivity index (χ2n) is 0.780. The van der Waals surface area contributed by atoms with Crippen LogP contribution in [-0.4, -0.2) is 11.5 Å². The third-order valence-electron chi connectivity index (χ3n) is 0.405. The molecule has 0 aromatic rings. The van der Waals surface area contributed by atoms with Crippen LogP contribution in [0.5, 0.6) is 0 Å². The van der Waals surface area contributed by atoms with Crippen molar-refractivity contribution in [2.24, 2.45) is 0 Å². The molecule has 1 heterocycles. The number of hydrogen-bond acceptors (Lipinski definition) is 2. The maximum atomic E-state index is 2.06. The number of hydrogen-bond donors (Lipinski definition) is 0. The zero-order chi connectivity index (χ0) is 3.54. The van der Waals surface area contributed by atoms with Crippen LogP contribution in [-0.2, 0) is 0 Å². The molecule has 3 heteroatoms. The van der Waals surface area contributed by atoms with Gasteiger partial charge >= 0.3 is 0 Å². The maximum absolute atomic E-state index is 2.06. The molecule has 5 heavy (non-hydrogen) atoms. The summed E-state index contributed by atoms with van der Waals surface area (Å²) in [5.74, 6) is 2.78. The topological polar surface area (TPSA) is 0 Å². The highest BCUT2D eigenvalue weighted by atomic mass is 33.1. The molecular formula is C2H5PS2. The number of rotatable bonds is 0. The highest BCUT2D eigenvalue weighted by Crippen LogP contribution is 2.48. The average molecular weight is 124 g/mol. The third-order valence-corrected chi connectivity index (χ3v) is 5.77. The fraction of sp³-hybridized carbons (Fsp3) is 1.00. The van der Waals surface area contributed by atoms with Crippen LogP contribution in [0.15, 0.2) is 0 Å². The summed E-state index contributed by atoms with van der Waals surface area (Å²) in [6, 6.07) is 0. The molecule has 1 saturated heterocycles. The second kappa shape index (κ2) is 2.33. The van der Waals surface area contributed by atoms with Gasteiger partial charge in [0.25, 0.3) is 0 Å². The summed E-state index contributed by atoms with van der Waals surface area (Å²) in [5.41, 5.74) is 0. The summed E-state index contributed by atoms with van der Waals surface area (Å²) < 4.78 is 0. The Morgan fingerprint density at radius 2 is 1.80 bits per heavy atom. The summed E-state index contributed by atoms with van der Waals surface area (Å²) in [7, 11) is 0. The Morgan fingerprint density at radius 1 is 1.20 bits per heavy atom. The predicted molar refractivity (Wildman–Crippen MR) is 33.2 cm³/mol. The van der Waals surface area contributed by atoms with Crippen molar-refractivity contribution >= 4 is 29.7 Å². The molecule has 0 radical (unpaired) electrons. The zero-order valence-electron chi connectivity index (χ0n) is 2.73. The van der Waals surface area contributed by atoms with Gasteiger partial charge in [-0.3, -0.25) is 0 Å². The Kier molecular flexibility index (Phi) is 2.00. The van der Waals surface area contributed by atoms with Crippen LogP contribution in [0.4, 0.5) is 0 Å². The van der Waals surface area contributed by atoms with Crippen LogP contribution in [0.2, 0.25) is 0 Å². The van der Waals surface area contributed by atoms with Gasteiger partial charge in [0.15, 0.2) is 0 Å². The summed E-state index contributed by atoms with van der Waals surface area (Å²) in [6.07, 6.45) is 0. The highest BCUT2D eigenvalue weighted by molar-refractivity contribution is 8.83. The van der Waals surface area contributed by atoms with Crippen LogP contribution in [0, 0.1) is 0 Å². The van der Waals surface area contributed by atoms with Crippen molar-refractivity contribution in [1.29, 1.82) is 0 Å². The molecule has 0 nitrogen and oxygen atoms in total. The molecule has 0 N–H and O–H groups in total. The molecule has 30 valence electrons. The van der Waals surface area contributed by atoms with Gasteiger partial charge in [-0.05, 0) is 6.98 Å². The van der Waals surface area contributed by atoms with Gasteiger partial charge in [-0.15, -0.1) is 22.8 Å². The Bertz CT molecular complexity index is 19.2. The molecule has 0 aliphatic carbocycles. The lowest BCUT2D eigenvalue weighted by Crippen LogP contribution is -1.64. The first-order valence-electron chi connectivity index (χ1n) is 1.49. The molecule has 0 saturated carbocycles. The molecule has 0 amide bonds. The SMILES string of the molecule is C1CSPS1. The summed E-state index contributed by atoms with van der Waals surface area (Å²) in [4.78, 5) is 0. The van der Waals surface area contributed by atoms with Gasteiger partial charge in [-0.1, -0.05) is 0 Å². The molecular weight excluding hydrogens is 119 g/mol. The lowest BCUT2D eigenvalue weighted by Gasteiger charge is -1.68. The Labute approximate surface area is 41.8 Å². The molecule has 1 aliphatic rings. The summed E-state index contributed by atoms with van der Waals surface area (Å²) >= 11 is 4.13. The molecule has 1 aliphatic heterocycles. The standard InChI is InChI=1S/C2H5PS2/c1-2-5-3-4-1/h3H,1-2H2. The molecule has 0 unspecified atom stereocenters. The first-order valence-corrected chi connectivity index (χ1v) is 5.91. The van der Waals surface area contributed by atoms with E-state index in [2.05, 4.69) is 22.8 Å². The van der Waals surface area contributed by atoms with E-state index in [1.807, 2.05) is 0 Å². The second-order valence-corrected chi connectivity index (χ2v) is 6.07. The van der Waals surface area contributed by atoms with E-state index in [0.717, 1.165) is 6.98 Å². The van der Waals surface area contributed by atoms with E-state index >= 15 is 0 Å². The molecule has 0 aromatic carbocycles. The maximum Gasteiger partial charge on any atom is 0.00745 e. The van der Waals surface area contributed by atoms with E-state index in [9.17, 15) is 0 Å². The molecule has 1 rings (SSSR count). The fourth-order valence-electron chi connectivity index (χ4n) is 0.208. The zero-order valence-corrected chi connectivity index (χ0v) is 5.36. The molecule has 0 atom stereocenters. The van der Waals surface area contributed by atoms with Gasteiger partial charge in [0.2, 0.25) is 0 Å². The van der Waals surface area contributed by atoms with E-state index in [-0.39, 0.29) is 0 Å². The highest BCUT2D eigenvalue weighted by Gasteiger charge is 1.96. The van der Waals surface area contributed by atoms with E-state index in [4.69, 9.17) is 0 Å². The monoisotopic (exact) mass is 124 g/mol. The van der Waals surface area contributed by atoms with Crippen LogP contribution < -0.4 is 0 Å². The molecule has 0 aromatic heterocycles. The van der Waals surface area contributed by atoms with Gasteiger partial charge < -0.3 is 0 Å². The average Bonchev–Trinajstić information content (AvgIpc) is 1.76. The lowest BCUT2D eigenvalue weighted by molar-refractivity contribution is 1.59. The van der Waals surface area contributed by atoms with Gasteiger partial charge in [-0.25, -0.2) is 0 Å². The summed E-state index contributed by atoms with van der Waals surface area (Å²) in [6.45, 7) is 1.14. The van der Waals surface area contributed by atoms with E-state index in [1.54, 1.807) is 0 Å². The first kappa shape index (κ1) is 4.29. The van der Waals surface area contributed by atoms with Crippen molar-refractivity contribution < 1.29 is 0 Å². The fourth-order valence-corrected chi connectivity index (χ4v) is 5.62. The van der Waals surface area contributed by atoms with Gasteiger partial charge in [0.05, 0.1) is 0 Å². The lowest BCUT2D eigenvalue weighted by atomic mass is 11.0. The Hall–Kier alpha value is 1.13. The van der Waals surface area contributed by atoms with Crippen molar-refractivity contribution in [3.05, 3.63) is 0 Å². The van der Waals surface area contributed by atoms with Crippen molar-refractivity contribution in [3.63, 3.8) is 0 Å². The smallest absolute Gasteiger partial charge is 0.00745 e. The van der Waals surface area contributed by atoms with Crippen molar-refractivity contribution in [2.45, 2.75) is 0 Å². The quantitative estimate of drug-likeness (QED) is 0.453. The minimum atomic E-state index is 1.14. The first-order chi connectivity index (χ1) is 2.50. The molecule has 1 fully saturated rings. The molecule has 0 spiro atoms.